The summed E-state index contributed by atoms with van der Waals surface area (Å²) in [5.74, 6) is 0.443. The predicted octanol–water partition coefficient (Wildman–Crippen LogP) is 3.65. The van der Waals surface area contributed by atoms with Crippen LogP contribution in [0, 0.1) is 5.92 Å². The van der Waals surface area contributed by atoms with E-state index in [-0.39, 0.29) is 17.9 Å². The van der Waals surface area contributed by atoms with Gasteiger partial charge in [0.2, 0.25) is 11.8 Å². The SMILES string of the molecule is CCC(=O)N(Cc1cc(NC(=O)CC(C)C)ccc1N(C)C)C[C@H]1CCCO1. The zero-order valence-corrected chi connectivity index (χ0v) is 18.0. The number of ether oxygens (including phenoxy) is 1. The summed E-state index contributed by atoms with van der Waals surface area (Å²) >= 11 is 0. The second-order valence-corrected chi connectivity index (χ2v) is 8.15. The number of carbonyl (C=O) groups excluding carboxylic acids is 2. The largest absolute Gasteiger partial charge is 0.377 e. The minimum Gasteiger partial charge on any atom is -0.377 e. The number of nitrogens with one attached hydrogen (secondary N) is 1. The number of amides is 2. The normalized spacial score (nSPS) is 16.3. The molecule has 1 aromatic carbocycles. The Morgan fingerprint density at radius 2 is 2.04 bits per heavy atom. The molecule has 1 fully saturated rings. The van der Waals surface area contributed by atoms with Gasteiger partial charge in [0.25, 0.3) is 0 Å². The third-order valence-corrected chi connectivity index (χ3v) is 4.90. The van der Waals surface area contributed by atoms with Crippen molar-refractivity contribution in [2.45, 2.75) is 59.1 Å². The van der Waals surface area contributed by atoms with Crippen molar-refractivity contribution < 1.29 is 14.3 Å². The molecule has 6 heteroatoms. The van der Waals surface area contributed by atoms with Gasteiger partial charge in [0.1, 0.15) is 0 Å². The number of anilines is 2. The van der Waals surface area contributed by atoms with Crippen LogP contribution in [0.15, 0.2) is 18.2 Å². The van der Waals surface area contributed by atoms with Crippen LogP contribution >= 0.6 is 0 Å². The third-order valence-electron chi connectivity index (χ3n) is 4.90. The van der Waals surface area contributed by atoms with E-state index in [1.807, 2.05) is 62.9 Å². The number of carbonyl (C=O) groups is 2. The van der Waals surface area contributed by atoms with Crippen molar-refractivity contribution in [2.75, 3.05) is 37.5 Å². The van der Waals surface area contributed by atoms with Crippen molar-refractivity contribution in [3.8, 4) is 0 Å². The number of benzene rings is 1. The highest BCUT2D eigenvalue weighted by Gasteiger charge is 2.23. The van der Waals surface area contributed by atoms with Crippen LogP contribution in [0.25, 0.3) is 0 Å². The highest BCUT2D eigenvalue weighted by molar-refractivity contribution is 5.91. The standard InChI is InChI=1S/C22H35N3O3/c1-6-22(27)25(15-19-8-7-11-28-19)14-17-13-18(9-10-20(17)24(4)5)23-21(26)12-16(2)3/h9-10,13,16,19H,6-8,11-12,14-15H2,1-5H3,(H,23,26)/t19-/m1/s1. The van der Waals surface area contributed by atoms with Crippen molar-refractivity contribution in [1.29, 1.82) is 0 Å². The molecular formula is C22H35N3O3. The zero-order chi connectivity index (χ0) is 20.7. The van der Waals surface area contributed by atoms with Crippen molar-refractivity contribution >= 4 is 23.2 Å². The minimum atomic E-state index is 0.0133. The Hall–Kier alpha value is -2.08. The average Bonchev–Trinajstić information content (AvgIpc) is 3.12. The molecule has 1 aliphatic heterocycles. The zero-order valence-electron chi connectivity index (χ0n) is 18.0. The van der Waals surface area contributed by atoms with Crippen molar-refractivity contribution in [1.82, 2.24) is 4.90 Å². The Bertz CT molecular complexity index is 667. The molecule has 1 atom stereocenters. The molecule has 0 unspecified atom stereocenters. The molecule has 1 saturated heterocycles. The van der Waals surface area contributed by atoms with Gasteiger partial charge in [-0.2, -0.15) is 0 Å². The fraction of sp³-hybridized carbons (Fsp3) is 0.636. The Kier molecular flexibility index (Phi) is 8.30. The van der Waals surface area contributed by atoms with Crippen molar-refractivity contribution in [3.63, 3.8) is 0 Å². The molecule has 1 aliphatic rings. The van der Waals surface area contributed by atoms with Gasteiger partial charge in [-0.05, 0) is 42.5 Å². The van der Waals surface area contributed by atoms with Gasteiger partial charge in [0.05, 0.1) is 6.10 Å². The lowest BCUT2D eigenvalue weighted by Gasteiger charge is -2.28. The fourth-order valence-electron chi connectivity index (χ4n) is 3.53. The Balaban J connectivity index is 2.21. The molecule has 2 rings (SSSR count). The molecule has 28 heavy (non-hydrogen) atoms. The van der Waals surface area contributed by atoms with Crippen LogP contribution < -0.4 is 10.2 Å². The Morgan fingerprint density at radius 3 is 2.61 bits per heavy atom. The van der Waals surface area contributed by atoms with Gasteiger partial charge in [-0.1, -0.05) is 20.8 Å². The molecule has 1 N–H and O–H groups in total. The summed E-state index contributed by atoms with van der Waals surface area (Å²) in [5.41, 5.74) is 2.84. The van der Waals surface area contributed by atoms with Gasteiger partial charge in [-0.25, -0.2) is 0 Å². The highest BCUT2D eigenvalue weighted by atomic mass is 16.5. The van der Waals surface area contributed by atoms with Crippen LogP contribution in [0.4, 0.5) is 11.4 Å². The van der Waals surface area contributed by atoms with Crippen LogP contribution in [0.2, 0.25) is 0 Å². The van der Waals surface area contributed by atoms with E-state index < -0.39 is 0 Å². The number of hydrogen-bond acceptors (Lipinski definition) is 4. The van der Waals surface area contributed by atoms with Gasteiger partial charge in [0.15, 0.2) is 0 Å². The second-order valence-electron chi connectivity index (χ2n) is 8.15. The molecule has 0 aromatic heterocycles. The van der Waals surface area contributed by atoms with Gasteiger partial charge in [-0.3, -0.25) is 9.59 Å². The van der Waals surface area contributed by atoms with E-state index in [4.69, 9.17) is 4.74 Å². The molecule has 2 amide bonds. The fourth-order valence-corrected chi connectivity index (χ4v) is 3.53. The maximum absolute atomic E-state index is 12.6. The summed E-state index contributed by atoms with van der Waals surface area (Å²) in [6.45, 7) is 7.84. The molecule has 0 radical (unpaired) electrons. The van der Waals surface area contributed by atoms with Crippen LogP contribution in [0.1, 0.15) is 52.0 Å². The first kappa shape index (κ1) is 22.2. The van der Waals surface area contributed by atoms with E-state index in [2.05, 4.69) is 5.32 Å². The molecule has 1 aromatic rings. The lowest BCUT2D eigenvalue weighted by molar-refractivity contribution is -0.133. The molecule has 0 saturated carbocycles. The number of hydrogen-bond donors (Lipinski definition) is 1. The molecule has 1 heterocycles. The van der Waals surface area contributed by atoms with E-state index >= 15 is 0 Å². The van der Waals surface area contributed by atoms with Crippen molar-refractivity contribution in [2.24, 2.45) is 5.92 Å². The van der Waals surface area contributed by atoms with E-state index in [1.165, 1.54) is 0 Å². The van der Waals surface area contributed by atoms with Crippen LogP contribution in [0.5, 0.6) is 0 Å². The molecule has 156 valence electrons. The monoisotopic (exact) mass is 389 g/mol. The third kappa shape index (κ3) is 6.51. The predicted molar refractivity (Wildman–Crippen MR) is 114 cm³/mol. The summed E-state index contributed by atoms with van der Waals surface area (Å²) in [6.07, 6.45) is 3.13. The van der Waals surface area contributed by atoms with Crippen LogP contribution in [0.3, 0.4) is 0 Å². The first-order valence-electron chi connectivity index (χ1n) is 10.3. The van der Waals surface area contributed by atoms with E-state index in [0.29, 0.717) is 31.8 Å². The van der Waals surface area contributed by atoms with E-state index in [9.17, 15) is 9.59 Å². The Morgan fingerprint density at radius 1 is 1.29 bits per heavy atom. The second kappa shape index (κ2) is 10.5. The molecule has 6 nitrogen and oxygen atoms in total. The van der Waals surface area contributed by atoms with Gasteiger partial charge >= 0.3 is 0 Å². The first-order valence-corrected chi connectivity index (χ1v) is 10.3. The average molecular weight is 390 g/mol. The summed E-state index contributed by atoms with van der Waals surface area (Å²) in [4.78, 5) is 28.6. The lowest BCUT2D eigenvalue weighted by Crippen LogP contribution is -2.36. The quantitative estimate of drug-likeness (QED) is 0.700. The lowest BCUT2D eigenvalue weighted by atomic mass is 10.1. The highest BCUT2D eigenvalue weighted by Crippen LogP contribution is 2.26. The first-order chi connectivity index (χ1) is 13.3. The molecular weight excluding hydrogens is 354 g/mol. The van der Waals surface area contributed by atoms with E-state index in [0.717, 1.165) is 36.4 Å². The topological polar surface area (TPSA) is 61.9 Å². The summed E-state index contributed by atoms with van der Waals surface area (Å²) in [7, 11) is 3.98. The van der Waals surface area contributed by atoms with Crippen LogP contribution in [-0.4, -0.2) is 50.1 Å². The molecule has 0 aliphatic carbocycles. The van der Waals surface area contributed by atoms with E-state index in [1.54, 1.807) is 0 Å². The smallest absolute Gasteiger partial charge is 0.224 e. The molecule has 0 bridgehead atoms. The van der Waals surface area contributed by atoms with Crippen molar-refractivity contribution in [3.05, 3.63) is 23.8 Å². The summed E-state index contributed by atoms with van der Waals surface area (Å²) in [6, 6.07) is 5.91. The maximum atomic E-state index is 12.6. The minimum absolute atomic E-state index is 0.0133. The summed E-state index contributed by atoms with van der Waals surface area (Å²) in [5, 5.41) is 2.98. The maximum Gasteiger partial charge on any atom is 0.224 e. The van der Waals surface area contributed by atoms with Gasteiger partial charge in [-0.15, -0.1) is 0 Å². The van der Waals surface area contributed by atoms with Gasteiger partial charge < -0.3 is 19.9 Å². The molecule has 0 spiro atoms. The Labute approximate surface area is 169 Å². The number of rotatable bonds is 9. The summed E-state index contributed by atoms with van der Waals surface area (Å²) < 4.78 is 5.75. The van der Waals surface area contributed by atoms with Gasteiger partial charge in [0, 0.05) is 58.0 Å². The van der Waals surface area contributed by atoms with Crippen LogP contribution in [-0.2, 0) is 20.9 Å². The number of nitrogens with zero attached hydrogens (tertiary/aromatic N) is 2.